The number of carbonyl (C=O) groups excluding carboxylic acids is 2. The van der Waals surface area contributed by atoms with Crippen molar-refractivity contribution < 1.29 is 14.3 Å². The van der Waals surface area contributed by atoms with E-state index in [9.17, 15) is 14.4 Å². The van der Waals surface area contributed by atoms with E-state index in [-0.39, 0.29) is 36.9 Å². The zero-order chi connectivity index (χ0) is 21.1. The van der Waals surface area contributed by atoms with Crippen LogP contribution >= 0.6 is 11.3 Å². The quantitative estimate of drug-likeness (QED) is 0.559. The van der Waals surface area contributed by atoms with Gasteiger partial charge in [-0.2, -0.15) is 9.78 Å². The van der Waals surface area contributed by atoms with Crippen LogP contribution in [0, 0.1) is 0 Å². The van der Waals surface area contributed by atoms with E-state index in [0.29, 0.717) is 17.1 Å². The largest absolute Gasteiger partial charge is 0.466 e. The van der Waals surface area contributed by atoms with Gasteiger partial charge in [-0.3, -0.25) is 19.4 Å². The molecular formula is C20H21N5O4S. The molecule has 1 aliphatic rings. The number of nitrogens with one attached hydrogen (secondary N) is 2. The Balaban J connectivity index is 1.64. The first-order valence-corrected chi connectivity index (χ1v) is 10.6. The maximum Gasteiger partial charge on any atom is 0.306 e. The molecule has 0 aliphatic heterocycles. The van der Waals surface area contributed by atoms with Gasteiger partial charge in [-0.05, 0) is 37.6 Å². The number of hydrogen-bond acceptors (Lipinski definition) is 7. The molecule has 1 aliphatic carbocycles. The molecule has 3 heterocycles. The lowest BCUT2D eigenvalue weighted by Gasteiger charge is -2.09. The van der Waals surface area contributed by atoms with Gasteiger partial charge >= 0.3 is 5.97 Å². The van der Waals surface area contributed by atoms with E-state index in [1.54, 1.807) is 13.0 Å². The number of aryl methyl sites for hydroxylation is 1. The second kappa shape index (κ2) is 8.62. The van der Waals surface area contributed by atoms with Gasteiger partial charge in [0.25, 0.3) is 5.56 Å². The predicted octanol–water partition coefficient (Wildman–Crippen LogP) is 2.45. The average molecular weight is 427 g/mol. The van der Waals surface area contributed by atoms with E-state index in [0.717, 1.165) is 29.8 Å². The summed E-state index contributed by atoms with van der Waals surface area (Å²) in [6.45, 7) is 1.99. The fraction of sp³-hybridized carbons (Fsp3) is 0.350. The van der Waals surface area contributed by atoms with Crippen LogP contribution in [0.1, 0.15) is 37.4 Å². The highest BCUT2D eigenvalue weighted by atomic mass is 32.1. The Morgan fingerprint density at radius 2 is 2.20 bits per heavy atom. The van der Waals surface area contributed by atoms with E-state index >= 15 is 0 Å². The van der Waals surface area contributed by atoms with Gasteiger partial charge in [-0.25, -0.2) is 4.98 Å². The van der Waals surface area contributed by atoms with Crippen LogP contribution < -0.4 is 10.9 Å². The molecule has 0 atom stereocenters. The van der Waals surface area contributed by atoms with Crippen molar-refractivity contribution in [3.63, 3.8) is 0 Å². The molecule has 0 unspecified atom stereocenters. The Bertz CT molecular complexity index is 1130. The lowest BCUT2D eigenvalue weighted by molar-refractivity contribution is -0.144. The standard InChI is InChI=1S/C20H21N5O4S/c1-2-29-18(27)9-8-17(26)22-16-11-14(15-7-4-10-30-15)24-25(16)20-21-13-6-3-5-12(13)19(28)23-20/h4,7,10-11H,2-3,5-6,8-9H2,1H3,(H,22,26)(H,21,23,28). The lowest BCUT2D eigenvalue weighted by atomic mass is 10.3. The highest BCUT2D eigenvalue weighted by Gasteiger charge is 2.21. The summed E-state index contributed by atoms with van der Waals surface area (Å²) in [5.41, 5.74) is 1.94. The van der Waals surface area contributed by atoms with E-state index in [2.05, 4.69) is 20.4 Å². The van der Waals surface area contributed by atoms with E-state index in [1.807, 2.05) is 17.5 Å². The topological polar surface area (TPSA) is 119 Å². The van der Waals surface area contributed by atoms with Gasteiger partial charge in [-0.1, -0.05) is 6.07 Å². The van der Waals surface area contributed by atoms with Gasteiger partial charge in [0.15, 0.2) is 0 Å². The molecule has 0 radical (unpaired) electrons. The van der Waals surface area contributed by atoms with E-state index in [1.165, 1.54) is 16.0 Å². The fourth-order valence-electron chi connectivity index (χ4n) is 3.36. The summed E-state index contributed by atoms with van der Waals surface area (Å²) >= 11 is 1.51. The SMILES string of the molecule is CCOC(=O)CCC(=O)Nc1cc(-c2cccs2)nn1-c1nc2c(c(=O)[nH]1)CCC2. The third-order valence-corrected chi connectivity index (χ3v) is 5.63. The summed E-state index contributed by atoms with van der Waals surface area (Å²) in [6.07, 6.45) is 2.32. The molecule has 3 aromatic heterocycles. The maximum absolute atomic E-state index is 12.4. The van der Waals surface area contributed by atoms with Gasteiger partial charge in [0.1, 0.15) is 11.5 Å². The normalized spacial score (nSPS) is 12.6. The highest BCUT2D eigenvalue weighted by molar-refractivity contribution is 7.13. The number of hydrogen-bond donors (Lipinski definition) is 2. The van der Waals surface area contributed by atoms with Crippen molar-refractivity contribution in [2.75, 3.05) is 11.9 Å². The average Bonchev–Trinajstić information content (AvgIpc) is 3.46. The molecule has 2 N–H and O–H groups in total. The van der Waals surface area contributed by atoms with Crippen molar-refractivity contribution in [1.29, 1.82) is 0 Å². The molecule has 0 saturated carbocycles. The first kappa shape index (κ1) is 20.0. The number of ether oxygens (including phenoxy) is 1. The first-order chi connectivity index (χ1) is 14.5. The Morgan fingerprint density at radius 1 is 1.33 bits per heavy atom. The third-order valence-electron chi connectivity index (χ3n) is 4.74. The maximum atomic E-state index is 12.4. The monoisotopic (exact) mass is 427 g/mol. The van der Waals surface area contributed by atoms with Crippen molar-refractivity contribution in [1.82, 2.24) is 19.7 Å². The molecule has 4 rings (SSSR count). The van der Waals surface area contributed by atoms with Crippen LogP contribution in [0.2, 0.25) is 0 Å². The third kappa shape index (κ3) is 4.18. The number of anilines is 1. The van der Waals surface area contributed by atoms with Crippen LogP contribution in [0.25, 0.3) is 16.5 Å². The Morgan fingerprint density at radius 3 is 2.97 bits per heavy atom. The minimum atomic E-state index is -0.426. The summed E-state index contributed by atoms with van der Waals surface area (Å²) in [5, 5.41) is 9.26. The Labute approximate surface area is 176 Å². The first-order valence-electron chi connectivity index (χ1n) is 9.77. The van der Waals surface area contributed by atoms with Crippen molar-refractivity contribution in [2.45, 2.75) is 39.0 Å². The summed E-state index contributed by atoms with van der Waals surface area (Å²) in [4.78, 5) is 44.6. The van der Waals surface area contributed by atoms with Crippen LogP contribution in [0.5, 0.6) is 0 Å². The number of nitrogens with zero attached hydrogens (tertiary/aromatic N) is 3. The zero-order valence-electron chi connectivity index (χ0n) is 16.4. The van der Waals surface area contributed by atoms with E-state index < -0.39 is 5.97 Å². The zero-order valence-corrected chi connectivity index (χ0v) is 17.3. The minimum absolute atomic E-state index is 0.0144. The molecule has 0 spiro atoms. The van der Waals surface area contributed by atoms with Gasteiger partial charge < -0.3 is 10.1 Å². The number of H-pyrrole nitrogens is 1. The number of aromatic amines is 1. The number of aromatic nitrogens is 4. The van der Waals surface area contributed by atoms with Crippen LogP contribution in [0.3, 0.4) is 0 Å². The van der Waals surface area contributed by atoms with Gasteiger partial charge in [-0.15, -0.1) is 11.3 Å². The molecule has 10 heteroatoms. The van der Waals surface area contributed by atoms with Crippen LogP contribution in [-0.2, 0) is 27.2 Å². The lowest BCUT2D eigenvalue weighted by Crippen LogP contribution is -2.21. The van der Waals surface area contributed by atoms with Crippen molar-refractivity contribution >= 4 is 29.0 Å². The van der Waals surface area contributed by atoms with E-state index in [4.69, 9.17) is 4.74 Å². The smallest absolute Gasteiger partial charge is 0.306 e. The second-order valence-corrected chi connectivity index (χ2v) is 7.77. The van der Waals surface area contributed by atoms with Gasteiger partial charge in [0, 0.05) is 18.1 Å². The van der Waals surface area contributed by atoms with Gasteiger partial charge in [0.05, 0.1) is 23.6 Å². The molecule has 9 nitrogen and oxygen atoms in total. The Kier molecular flexibility index (Phi) is 5.75. The summed E-state index contributed by atoms with van der Waals surface area (Å²) < 4.78 is 6.29. The molecule has 0 fully saturated rings. The molecule has 0 bridgehead atoms. The highest BCUT2D eigenvalue weighted by Crippen LogP contribution is 2.28. The minimum Gasteiger partial charge on any atom is -0.466 e. The second-order valence-electron chi connectivity index (χ2n) is 6.83. The number of esters is 1. The number of amides is 1. The molecule has 0 aromatic carbocycles. The van der Waals surface area contributed by atoms with Gasteiger partial charge in [0.2, 0.25) is 11.9 Å². The molecule has 1 amide bonds. The van der Waals surface area contributed by atoms with Crippen molar-refractivity contribution in [3.8, 4) is 16.5 Å². The molecule has 3 aromatic rings. The molecule has 0 saturated heterocycles. The number of thiophene rings is 1. The number of fused-ring (bicyclic) bond motifs is 1. The van der Waals surface area contributed by atoms with Crippen LogP contribution in [0.15, 0.2) is 28.4 Å². The van der Waals surface area contributed by atoms with Crippen molar-refractivity contribution in [3.05, 3.63) is 45.2 Å². The number of rotatable bonds is 7. The number of carbonyl (C=O) groups is 2. The summed E-state index contributed by atoms with van der Waals surface area (Å²) in [6, 6.07) is 5.55. The van der Waals surface area contributed by atoms with Crippen molar-refractivity contribution in [2.24, 2.45) is 0 Å². The molecule has 30 heavy (non-hydrogen) atoms. The summed E-state index contributed by atoms with van der Waals surface area (Å²) in [7, 11) is 0. The summed E-state index contributed by atoms with van der Waals surface area (Å²) in [5.74, 6) is -0.159. The van der Waals surface area contributed by atoms with Crippen LogP contribution in [-0.4, -0.2) is 38.2 Å². The molecule has 156 valence electrons. The van der Waals surface area contributed by atoms with Crippen LogP contribution in [0.4, 0.5) is 5.82 Å². The Hall–Kier alpha value is -3.27. The molecular weight excluding hydrogens is 406 g/mol. The fourth-order valence-corrected chi connectivity index (χ4v) is 4.04. The predicted molar refractivity (Wildman–Crippen MR) is 112 cm³/mol.